The number of hydrogen-bond acceptors (Lipinski definition) is 4. The van der Waals surface area contributed by atoms with Crippen LogP contribution >= 0.6 is 0 Å². The molecule has 1 aromatic carbocycles. The molecule has 2 saturated heterocycles. The molecule has 0 aliphatic carbocycles. The van der Waals surface area contributed by atoms with Gasteiger partial charge >= 0.3 is 0 Å². The maximum Gasteiger partial charge on any atom is 0.241 e. The first-order valence-electron chi connectivity index (χ1n) is 7.48. The molecule has 3 rings (SSSR count). The van der Waals surface area contributed by atoms with E-state index in [1.165, 1.54) is 0 Å². The van der Waals surface area contributed by atoms with Crippen molar-refractivity contribution < 1.29 is 13.5 Å². The minimum Gasteiger partial charge on any atom is -0.392 e. The van der Waals surface area contributed by atoms with Crippen LogP contribution < -0.4 is 4.72 Å². The normalized spacial score (nSPS) is 26.2. The van der Waals surface area contributed by atoms with Crippen molar-refractivity contribution >= 4 is 10.0 Å². The molecule has 0 aromatic heterocycles. The molecule has 2 fully saturated rings. The Morgan fingerprint density at radius 1 is 1.33 bits per heavy atom. The third-order valence-electron chi connectivity index (χ3n) is 4.64. The third-order valence-corrected chi connectivity index (χ3v) is 6.27. The predicted molar refractivity (Wildman–Crippen MR) is 80.4 cm³/mol. The molecule has 2 aliphatic rings. The van der Waals surface area contributed by atoms with Crippen LogP contribution in [0.4, 0.5) is 0 Å². The van der Waals surface area contributed by atoms with E-state index in [0.29, 0.717) is 17.2 Å². The standard InChI is InChI=1S/C15H22N2O3S/c1-11-4-5-12(10-18)9-15(11)21(19,20)16-13-6-8-17-7-2-3-14(13)17/h4-5,9,13-14,16,18H,2-3,6-8,10H2,1H3. The zero-order valence-corrected chi connectivity index (χ0v) is 13.1. The Morgan fingerprint density at radius 3 is 2.90 bits per heavy atom. The summed E-state index contributed by atoms with van der Waals surface area (Å²) < 4.78 is 28.2. The van der Waals surface area contributed by atoms with E-state index in [1.807, 2.05) is 0 Å². The van der Waals surface area contributed by atoms with Crippen LogP contribution in [-0.2, 0) is 16.6 Å². The van der Waals surface area contributed by atoms with Crippen molar-refractivity contribution in [1.82, 2.24) is 9.62 Å². The van der Waals surface area contributed by atoms with Crippen LogP contribution in [0.3, 0.4) is 0 Å². The van der Waals surface area contributed by atoms with Crippen molar-refractivity contribution in [3.05, 3.63) is 29.3 Å². The first-order valence-corrected chi connectivity index (χ1v) is 8.96. The molecule has 0 spiro atoms. The van der Waals surface area contributed by atoms with Gasteiger partial charge in [0.05, 0.1) is 11.5 Å². The van der Waals surface area contributed by atoms with Crippen molar-refractivity contribution in [1.29, 1.82) is 0 Å². The Kier molecular flexibility index (Phi) is 4.05. The Labute approximate surface area is 126 Å². The molecule has 0 saturated carbocycles. The highest BCUT2D eigenvalue weighted by atomic mass is 32.2. The van der Waals surface area contributed by atoms with Gasteiger partial charge in [0.1, 0.15) is 0 Å². The van der Waals surface area contributed by atoms with Crippen molar-refractivity contribution in [2.45, 2.75) is 49.8 Å². The summed E-state index contributed by atoms with van der Waals surface area (Å²) in [7, 11) is -3.53. The Bertz CT molecular complexity index is 630. The van der Waals surface area contributed by atoms with Crippen molar-refractivity contribution in [3.8, 4) is 0 Å². The van der Waals surface area contributed by atoms with Gasteiger partial charge in [-0.05, 0) is 49.9 Å². The van der Waals surface area contributed by atoms with E-state index in [1.54, 1.807) is 25.1 Å². The minimum atomic E-state index is -3.53. The highest BCUT2D eigenvalue weighted by Gasteiger charge is 2.39. The smallest absolute Gasteiger partial charge is 0.241 e. The molecule has 2 aliphatic heterocycles. The first-order chi connectivity index (χ1) is 10.0. The summed E-state index contributed by atoms with van der Waals surface area (Å²) in [6.45, 7) is 3.70. The van der Waals surface area contributed by atoms with E-state index in [9.17, 15) is 13.5 Å². The van der Waals surface area contributed by atoms with Gasteiger partial charge in [-0.2, -0.15) is 0 Å². The molecule has 0 bridgehead atoms. The Morgan fingerprint density at radius 2 is 2.14 bits per heavy atom. The molecule has 5 nitrogen and oxygen atoms in total. The monoisotopic (exact) mass is 310 g/mol. The van der Waals surface area contributed by atoms with E-state index >= 15 is 0 Å². The van der Waals surface area contributed by atoms with Gasteiger partial charge in [-0.15, -0.1) is 0 Å². The SMILES string of the molecule is Cc1ccc(CO)cc1S(=O)(=O)NC1CCN2CCCC12. The van der Waals surface area contributed by atoms with Gasteiger partial charge < -0.3 is 5.11 Å². The van der Waals surface area contributed by atoms with Gasteiger partial charge in [-0.1, -0.05) is 12.1 Å². The summed E-state index contributed by atoms with van der Waals surface area (Å²) in [5.74, 6) is 0. The van der Waals surface area contributed by atoms with E-state index in [4.69, 9.17) is 0 Å². The highest BCUT2D eigenvalue weighted by Crippen LogP contribution is 2.29. The summed E-state index contributed by atoms with van der Waals surface area (Å²) >= 11 is 0. The van der Waals surface area contributed by atoms with Gasteiger partial charge in [0, 0.05) is 18.6 Å². The van der Waals surface area contributed by atoms with Crippen LogP contribution in [-0.4, -0.2) is 43.6 Å². The molecule has 0 amide bonds. The van der Waals surface area contributed by atoms with Gasteiger partial charge in [-0.25, -0.2) is 13.1 Å². The first kappa shape index (κ1) is 15.0. The fourth-order valence-electron chi connectivity index (χ4n) is 3.52. The fraction of sp³-hybridized carbons (Fsp3) is 0.600. The molecule has 0 radical (unpaired) electrons. The maximum absolute atomic E-state index is 12.7. The molecule has 2 atom stereocenters. The summed E-state index contributed by atoms with van der Waals surface area (Å²) in [4.78, 5) is 2.66. The number of fused-ring (bicyclic) bond motifs is 1. The number of hydrogen-bond donors (Lipinski definition) is 2. The van der Waals surface area contributed by atoms with Gasteiger partial charge in [-0.3, -0.25) is 4.90 Å². The number of nitrogens with one attached hydrogen (secondary N) is 1. The van der Waals surface area contributed by atoms with E-state index in [0.717, 1.165) is 32.4 Å². The average Bonchev–Trinajstić information content (AvgIpc) is 3.04. The fourth-order valence-corrected chi connectivity index (χ4v) is 5.11. The number of rotatable bonds is 4. The lowest BCUT2D eigenvalue weighted by Gasteiger charge is -2.21. The van der Waals surface area contributed by atoms with E-state index < -0.39 is 10.0 Å². The number of sulfonamides is 1. The van der Waals surface area contributed by atoms with Gasteiger partial charge in [0.25, 0.3) is 0 Å². The Hall–Kier alpha value is -0.950. The largest absolute Gasteiger partial charge is 0.392 e. The quantitative estimate of drug-likeness (QED) is 0.870. The minimum absolute atomic E-state index is 0.00897. The van der Waals surface area contributed by atoms with Crippen LogP contribution in [0.15, 0.2) is 23.1 Å². The highest BCUT2D eigenvalue weighted by molar-refractivity contribution is 7.89. The molecule has 21 heavy (non-hydrogen) atoms. The van der Waals surface area contributed by atoms with Crippen LogP contribution in [0.1, 0.15) is 30.4 Å². The van der Waals surface area contributed by atoms with E-state index in [2.05, 4.69) is 9.62 Å². The zero-order valence-electron chi connectivity index (χ0n) is 12.2. The lowest BCUT2D eigenvalue weighted by atomic mass is 10.1. The zero-order chi connectivity index (χ0) is 15.0. The second kappa shape index (κ2) is 5.68. The molecular formula is C15H22N2O3S. The average molecular weight is 310 g/mol. The molecule has 2 heterocycles. The number of aryl methyl sites for hydroxylation is 1. The number of aliphatic hydroxyl groups excluding tert-OH is 1. The predicted octanol–water partition coefficient (Wildman–Crippen LogP) is 1.00. The topological polar surface area (TPSA) is 69.6 Å². The molecule has 2 unspecified atom stereocenters. The molecular weight excluding hydrogens is 288 g/mol. The van der Waals surface area contributed by atoms with Gasteiger partial charge in [0.2, 0.25) is 10.0 Å². The molecule has 1 aromatic rings. The molecule has 2 N–H and O–H groups in total. The van der Waals surface area contributed by atoms with Crippen LogP contribution in [0, 0.1) is 6.92 Å². The summed E-state index contributed by atoms with van der Waals surface area (Å²) in [5.41, 5.74) is 1.33. The van der Waals surface area contributed by atoms with Crippen LogP contribution in [0.25, 0.3) is 0 Å². The second-order valence-corrected chi connectivity index (χ2v) is 7.70. The lowest BCUT2D eigenvalue weighted by Crippen LogP contribution is -2.42. The molecule has 116 valence electrons. The second-order valence-electron chi connectivity index (χ2n) is 6.02. The molecule has 6 heteroatoms. The number of nitrogens with zero attached hydrogens (tertiary/aromatic N) is 1. The summed E-state index contributed by atoms with van der Waals surface area (Å²) in [6, 6.07) is 5.42. The van der Waals surface area contributed by atoms with E-state index in [-0.39, 0.29) is 17.5 Å². The van der Waals surface area contributed by atoms with Crippen molar-refractivity contribution in [2.75, 3.05) is 13.1 Å². The number of aliphatic hydroxyl groups is 1. The number of benzene rings is 1. The Balaban J connectivity index is 1.84. The van der Waals surface area contributed by atoms with Crippen LogP contribution in [0.2, 0.25) is 0 Å². The van der Waals surface area contributed by atoms with Gasteiger partial charge in [0.15, 0.2) is 0 Å². The van der Waals surface area contributed by atoms with Crippen molar-refractivity contribution in [3.63, 3.8) is 0 Å². The van der Waals surface area contributed by atoms with Crippen molar-refractivity contribution in [2.24, 2.45) is 0 Å². The lowest BCUT2D eigenvalue weighted by molar-refractivity contribution is 0.281. The summed E-state index contributed by atoms with van der Waals surface area (Å²) in [6.07, 6.45) is 3.10. The third kappa shape index (κ3) is 2.85. The summed E-state index contributed by atoms with van der Waals surface area (Å²) in [5, 5.41) is 9.20. The van der Waals surface area contributed by atoms with Crippen LogP contribution in [0.5, 0.6) is 0 Å². The maximum atomic E-state index is 12.7.